The van der Waals surface area contributed by atoms with Crippen LogP contribution in [0.15, 0.2) is 36.5 Å². The molecule has 0 amide bonds. The van der Waals surface area contributed by atoms with Crippen molar-refractivity contribution in [3.8, 4) is 0 Å². The van der Waals surface area contributed by atoms with Gasteiger partial charge in [-0.3, -0.25) is 4.98 Å². The Bertz CT molecular complexity index is 650. The van der Waals surface area contributed by atoms with Crippen molar-refractivity contribution in [2.45, 2.75) is 13.8 Å². The molecule has 2 heterocycles. The van der Waals surface area contributed by atoms with Gasteiger partial charge in [-0.05, 0) is 26.0 Å². The molecule has 0 bridgehead atoms. The van der Waals surface area contributed by atoms with Gasteiger partial charge in [0.05, 0.1) is 22.4 Å². The Balaban J connectivity index is 2.61. The highest BCUT2D eigenvalue weighted by molar-refractivity contribution is 5.87. The summed E-state index contributed by atoms with van der Waals surface area (Å²) in [6, 6.07) is 10.6. The fraction of sp³-hybridized carbons (Fsp3) is 0.154. The van der Waals surface area contributed by atoms with Crippen LogP contribution in [0.5, 0.6) is 0 Å². The van der Waals surface area contributed by atoms with E-state index in [9.17, 15) is 0 Å². The molecule has 0 aliphatic heterocycles. The smallest absolute Gasteiger partial charge is 0.0675 e. The van der Waals surface area contributed by atoms with Gasteiger partial charge in [0.1, 0.15) is 0 Å². The van der Waals surface area contributed by atoms with Gasteiger partial charge in [0.15, 0.2) is 0 Å². The fourth-order valence-corrected chi connectivity index (χ4v) is 2.13. The summed E-state index contributed by atoms with van der Waals surface area (Å²) in [5, 5.41) is 1.27. The Morgan fingerprint density at radius 3 is 2.73 bits per heavy atom. The molecule has 74 valence electrons. The van der Waals surface area contributed by atoms with Crippen molar-refractivity contribution >= 4 is 16.4 Å². The van der Waals surface area contributed by atoms with E-state index in [2.05, 4.69) is 52.8 Å². The van der Waals surface area contributed by atoms with Crippen molar-refractivity contribution in [3.63, 3.8) is 0 Å². The minimum Gasteiger partial charge on any atom is -0.313 e. The quantitative estimate of drug-likeness (QED) is 0.540. The van der Waals surface area contributed by atoms with E-state index in [0.29, 0.717) is 0 Å². The molecule has 0 unspecified atom stereocenters. The van der Waals surface area contributed by atoms with Crippen LogP contribution < -0.4 is 0 Å². The van der Waals surface area contributed by atoms with Crippen molar-refractivity contribution in [2.24, 2.45) is 0 Å². The fourth-order valence-electron chi connectivity index (χ4n) is 2.13. The van der Waals surface area contributed by atoms with Crippen LogP contribution in [0.2, 0.25) is 0 Å². The van der Waals surface area contributed by atoms with Gasteiger partial charge >= 0.3 is 0 Å². The maximum Gasteiger partial charge on any atom is 0.0675 e. The number of nitrogens with zero attached hydrogens (tertiary/aromatic N) is 2. The molecule has 0 radical (unpaired) electrons. The second kappa shape index (κ2) is 2.83. The maximum atomic E-state index is 4.48. The average molecular weight is 196 g/mol. The molecule has 0 aliphatic carbocycles. The molecule has 0 saturated carbocycles. The van der Waals surface area contributed by atoms with Gasteiger partial charge in [0, 0.05) is 11.6 Å². The molecule has 15 heavy (non-hydrogen) atoms. The molecule has 2 heteroatoms. The lowest BCUT2D eigenvalue weighted by Crippen LogP contribution is -1.93. The van der Waals surface area contributed by atoms with E-state index >= 15 is 0 Å². The van der Waals surface area contributed by atoms with E-state index in [4.69, 9.17) is 0 Å². The largest absolute Gasteiger partial charge is 0.313 e. The van der Waals surface area contributed by atoms with E-state index in [1.54, 1.807) is 0 Å². The summed E-state index contributed by atoms with van der Waals surface area (Å²) < 4.78 is 2.22. The Hall–Kier alpha value is -1.83. The van der Waals surface area contributed by atoms with Crippen molar-refractivity contribution in [2.75, 3.05) is 0 Å². The Kier molecular flexibility index (Phi) is 1.60. The molecule has 1 aromatic carbocycles. The third-order valence-electron chi connectivity index (χ3n) is 2.78. The summed E-state index contributed by atoms with van der Waals surface area (Å²) in [6.45, 7) is 4.09. The number of aromatic nitrogens is 2. The molecule has 0 atom stereocenters. The first-order valence-corrected chi connectivity index (χ1v) is 5.10. The summed E-state index contributed by atoms with van der Waals surface area (Å²) in [7, 11) is 0. The van der Waals surface area contributed by atoms with E-state index < -0.39 is 0 Å². The van der Waals surface area contributed by atoms with Gasteiger partial charge in [-0.15, -0.1) is 0 Å². The minimum atomic E-state index is 1.06. The highest BCUT2D eigenvalue weighted by atomic mass is 14.9. The van der Waals surface area contributed by atoms with Gasteiger partial charge in [0.2, 0.25) is 0 Å². The molecule has 3 aromatic rings. The minimum absolute atomic E-state index is 1.06. The second-order valence-corrected chi connectivity index (χ2v) is 3.93. The first-order valence-electron chi connectivity index (χ1n) is 5.10. The van der Waals surface area contributed by atoms with Gasteiger partial charge in [-0.2, -0.15) is 0 Å². The van der Waals surface area contributed by atoms with Crippen molar-refractivity contribution in [1.29, 1.82) is 0 Å². The highest BCUT2D eigenvalue weighted by Gasteiger charge is 2.04. The predicted octanol–water partition coefficient (Wildman–Crippen LogP) is 3.10. The van der Waals surface area contributed by atoms with Crippen LogP contribution >= 0.6 is 0 Å². The number of rotatable bonds is 0. The normalized spacial score (nSPS) is 11.3. The zero-order valence-electron chi connectivity index (χ0n) is 8.86. The summed E-state index contributed by atoms with van der Waals surface area (Å²) >= 11 is 0. The number of fused-ring (bicyclic) bond motifs is 3. The zero-order chi connectivity index (χ0) is 10.4. The maximum absolute atomic E-state index is 4.48. The summed E-state index contributed by atoms with van der Waals surface area (Å²) in [4.78, 5) is 4.48. The molecule has 2 aromatic heterocycles. The van der Waals surface area contributed by atoms with Gasteiger partial charge in [0.25, 0.3) is 0 Å². The highest BCUT2D eigenvalue weighted by Crippen LogP contribution is 2.21. The monoisotopic (exact) mass is 196 g/mol. The number of hydrogen-bond acceptors (Lipinski definition) is 1. The Labute approximate surface area is 88.2 Å². The van der Waals surface area contributed by atoms with E-state index in [0.717, 1.165) is 11.4 Å². The summed E-state index contributed by atoms with van der Waals surface area (Å²) in [5.74, 6) is 0. The van der Waals surface area contributed by atoms with Gasteiger partial charge in [-0.1, -0.05) is 18.2 Å². The Morgan fingerprint density at radius 2 is 1.87 bits per heavy atom. The van der Waals surface area contributed by atoms with E-state index in [1.807, 2.05) is 6.92 Å². The number of hydrogen-bond donors (Lipinski definition) is 0. The number of aryl methyl sites for hydroxylation is 2. The molecule has 0 N–H and O–H groups in total. The SMILES string of the molecule is Cc1cn2c(cc3ccccc32)c(C)n1. The Morgan fingerprint density at radius 1 is 1.07 bits per heavy atom. The predicted molar refractivity (Wildman–Crippen MR) is 62.2 cm³/mol. The zero-order valence-corrected chi connectivity index (χ0v) is 8.86. The van der Waals surface area contributed by atoms with Crippen LogP contribution in [0.4, 0.5) is 0 Å². The molecule has 2 nitrogen and oxygen atoms in total. The van der Waals surface area contributed by atoms with E-state index in [1.165, 1.54) is 16.4 Å². The first kappa shape index (κ1) is 8.48. The van der Waals surface area contributed by atoms with Crippen LogP contribution in [0.3, 0.4) is 0 Å². The van der Waals surface area contributed by atoms with Crippen LogP contribution in [0, 0.1) is 13.8 Å². The average Bonchev–Trinajstić information content (AvgIpc) is 2.57. The molecular formula is C13H12N2. The summed E-state index contributed by atoms with van der Waals surface area (Å²) in [5.41, 5.74) is 4.59. The summed E-state index contributed by atoms with van der Waals surface area (Å²) in [6.07, 6.45) is 2.09. The lowest BCUT2D eigenvalue weighted by Gasteiger charge is -2.01. The lowest BCUT2D eigenvalue weighted by atomic mass is 10.2. The van der Waals surface area contributed by atoms with Crippen LogP contribution in [0.25, 0.3) is 16.4 Å². The van der Waals surface area contributed by atoms with Crippen molar-refractivity contribution in [3.05, 3.63) is 47.9 Å². The molecule has 0 saturated heterocycles. The van der Waals surface area contributed by atoms with E-state index in [-0.39, 0.29) is 0 Å². The number of para-hydroxylation sites is 1. The van der Waals surface area contributed by atoms with Crippen molar-refractivity contribution in [1.82, 2.24) is 9.38 Å². The number of benzene rings is 1. The molecule has 0 fully saturated rings. The second-order valence-electron chi connectivity index (χ2n) is 3.93. The standard InChI is InChI=1S/C13H12N2/c1-9-8-15-12-6-4-3-5-11(12)7-13(15)10(2)14-9/h3-8H,1-2H3. The van der Waals surface area contributed by atoms with Gasteiger partial charge in [-0.25, -0.2) is 0 Å². The van der Waals surface area contributed by atoms with Crippen LogP contribution in [-0.4, -0.2) is 9.38 Å². The molecule has 0 spiro atoms. The third kappa shape index (κ3) is 1.14. The topological polar surface area (TPSA) is 17.3 Å². The van der Waals surface area contributed by atoms with Crippen LogP contribution in [0.1, 0.15) is 11.4 Å². The first-order chi connectivity index (χ1) is 7.25. The van der Waals surface area contributed by atoms with Gasteiger partial charge < -0.3 is 4.40 Å². The molecular weight excluding hydrogens is 184 g/mol. The van der Waals surface area contributed by atoms with Crippen LogP contribution in [-0.2, 0) is 0 Å². The van der Waals surface area contributed by atoms with Crippen molar-refractivity contribution < 1.29 is 0 Å². The lowest BCUT2D eigenvalue weighted by molar-refractivity contribution is 1.06. The third-order valence-corrected chi connectivity index (χ3v) is 2.78. The molecule has 0 aliphatic rings. The molecule has 3 rings (SSSR count).